The normalized spacial score (nSPS) is 12.8. The quantitative estimate of drug-likeness (QED) is 0.0420. The third-order valence-corrected chi connectivity index (χ3v) is 14.4. The summed E-state index contributed by atoms with van der Waals surface area (Å²) in [6, 6.07) is -0.621. The first kappa shape index (κ1) is 64.9. The number of hydrogen-bond donors (Lipinski definition) is 3. The van der Waals surface area contributed by atoms with Crippen LogP contribution in [0.25, 0.3) is 0 Å². The SMILES string of the molecule is CCCCCCCCCCCCCC/C=C\CCCCCCCCCCCCCCCCCCC(=O)NC(CO)C(O)/C=C/CCCCCCCCCCCCCCCCCCCCCC. The molecule has 0 aromatic heterocycles. The Morgan fingerprint density at radius 2 is 0.576 bits per heavy atom. The minimum Gasteiger partial charge on any atom is -0.394 e. The second-order valence-electron chi connectivity index (χ2n) is 21.1. The molecule has 2 unspecified atom stereocenters. The topological polar surface area (TPSA) is 69.6 Å². The van der Waals surface area contributed by atoms with Gasteiger partial charge in [0.05, 0.1) is 18.8 Å². The van der Waals surface area contributed by atoms with Gasteiger partial charge < -0.3 is 15.5 Å². The summed E-state index contributed by atoms with van der Waals surface area (Å²) in [6.45, 7) is 4.35. The fraction of sp³-hybridized carbons (Fsp3) is 0.919. The summed E-state index contributed by atoms with van der Waals surface area (Å²) in [6.07, 6.45) is 77.9. The summed E-state index contributed by atoms with van der Waals surface area (Å²) in [5.74, 6) is -0.0569. The maximum Gasteiger partial charge on any atom is 0.220 e. The Morgan fingerprint density at radius 3 is 0.833 bits per heavy atom. The highest BCUT2D eigenvalue weighted by molar-refractivity contribution is 5.76. The second-order valence-corrected chi connectivity index (χ2v) is 21.1. The van der Waals surface area contributed by atoms with E-state index < -0.39 is 12.1 Å². The molecular weight excluding hydrogens is 807 g/mol. The highest BCUT2D eigenvalue weighted by Crippen LogP contribution is 2.18. The Bertz CT molecular complexity index is 963. The van der Waals surface area contributed by atoms with Crippen molar-refractivity contribution in [1.82, 2.24) is 5.32 Å². The van der Waals surface area contributed by atoms with Crippen LogP contribution in [0.4, 0.5) is 0 Å². The van der Waals surface area contributed by atoms with Crippen molar-refractivity contribution in [2.45, 2.75) is 360 Å². The van der Waals surface area contributed by atoms with Gasteiger partial charge in [0, 0.05) is 6.42 Å². The first-order valence-corrected chi connectivity index (χ1v) is 30.6. The van der Waals surface area contributed by atoms with Crippen molar-refractivity contribution < 1.29 is 15.0 Å². The lowest BCUT2D eigenvalue weighted by Gasteiger charge is -2.20. The molecule has 0 aromatic rings. The van der Waals surface area contributed by atoms with Crippen LogP contribution in [0.3, 0.4) is 0 Å². The molecule has 66 heavy (non-hydrogen) atoms. The van der Waals surface area contributed by atoms with Crippen LogP contribution in [0.5, 0.6) is 0 Å². The first-order valence-electron chi connectivity index (χ1n) is 30.6. The van der Waals surface area contributed by atoms with Gasteiger partial charge in [0.2, 0.25) is 5.91 Å². The van der Waals surface area contributed by atoms with E-state index in [-0.39, 0.29) is 12.5 Å². The highest BCUT2D eigenvalue weighted by atomic mass is 16.3. The maximum atomic E-state index is 12.5. The van der Waals surface area contributed by atoms with Crippen molar-refractivity contribution in [3.8, 4) is 0 Å². The van der Waals surface area contributed by atoms with Gasteiger partial charge in [-0.2, -0.15) is 0 Å². The Balaban J connectivity index is 3.43. The van der Waals surface area contributed by atoms with Crippen molar-refractivity contribution in [3.63, 3.8) is 0 Å². The van der Waals surface area contributed by atoms with Crippen molar-refractivity contribution in [3.05, 3.63) is 24.3 Å². The van der Waals surface area contributed by atoms with Crippen molar-refractivity contribution >= 4 is 5.91 Å². The number of aliphatic hydroxyl groups is 2. The standard InChI is InChI=1S/C62H121NO3/c1-3-5-7-9-11-13-15-17-19-21-23-25-27-28-29-30-31-32-33-34-35-36-38-40-42-44-46-48-50-52-54-56-58-62(66)63-60(59-64)61(65)57-55-53-51-49-47-45-43-41-39-37-26-24-22-20-18-16-14-12-10-8-6-4-2/h28-29,55,57,60-61,64-65H,3-27,30-54,56,58-59H2,1-2H3,(H,63,66)/b29-28-,57-55+. The molecule has 4 nitrogen and oxygen atoms in total. The molecule has 0 heterocycles. The first-order chi connectivity index (χ1) is 32.7. The molecule has 0 saturated heterocycles. The van der Waals surface area contributed by atoms with E-state index in [2.05, 4.69) is 31.3 Å². The van der Waals surface area contributed by atoms with Crippen molar-refractivity contribution in [2.24, 2.45) is 0 Å². The lowest BCUT2D eigenvalue weighted by atomic mass is 10.0. The molecule has 3 N–H and O–H groups in total. The Labute approximate surface area is 415 Å². The maximum absolute atomic E-state index is 12.5. The number of unbranched alkanes of at least 4 members (excludes halogenated alkanes) is 48. The smallest absolute Gasteiger partial charge is 0.220 e. The van der Waals surface area contributed by atoms with E-state index in [1.807, 2.05) is 6.08 Å². The van der Waals surface area contributed by atoms with Crippen LogP contribution in [-0.4, -0.2) is 34.9 Å². The Hall–Kier alpha value is -1.13. The van der Waals surface area contributed by atoms with E-state index in [0.29, 0.717) is 6.42 Å². The zero-order chi connectivity index (χ0) is 47.7. The lowest BCUT2D eigenvalue weighted by Crippen LogP contribution is -2.45. The van der Waals surface area contributed by atoms with E-state index in [9.17, 15) is 15.0 Å². The molecule has 0 aliphatic carbocycles. The van der Waals surface area contributed by atoms with Crippen LogP contribution in [0, 0.1) is 0 Å². The Morgan fingerprint density at radius 1 is 0.348 bits per heavy atom. The third-order valence-electron chi connectivity index (χ3n) is 14.4. The van der Waals surface area contributed by atoms with Crippen molar-refractivity contribution in [1.29, 1.82) is 0 Å². The zero-order valence-electron chi connectivity index (χ0n) is 45.2. The number of hydrogen-bond acceptors (Lipinski definition) is 3. The van der Waals surface area contributed by atoms with Gasteiger partial charge in [0.25, 0.3) is 0 Å². The minimum absolute atomic E-state index is 0.0569. The molecule has 0 spiro atoms. The summed E-state index contributed by atoms with van der Waals surface area (Å²) in [5, 5.41) is 23.2. The van der Waals surface area contributed by atoms with Crippen molar-refractivity contribution in [2.75, 3.05) is 6.61 Å². The molecule has 392 valence electrons. The fourth-order valence-electron chi connectivity index (χ4n) is 9.77. The number of amides is 1. The molecule has 0 radical (unpaired) electrons. The summed E-state index contributed by atoms with van der Waals surface area (Å²) in [5.41, 5.74) is 0. The second kappa shape index (κ2) is 58.2. The predicted octanol–water partition coefficient (Wildman–Crippen LogP) is 20.3. The highest BCUT2D eigenvalue weighted by Gasteiger charge is 2.18. The van der Waals surface area contributed by atoms with Gasteiger partial charge in [-0.15, -0.1) is 0 Å². The summed E-state index contributed by atoms with van der Waals surface area (Å²) in [4.78, 5) is 12.5. The van der Waals surface area contributed by atoms with Crippen LogP contribution in [0.15, 0.2) is 24.3 Å². The molecular formula is C62H121NO3. The number of allylic oxidation sites excluding steroid dienone is 3. The van der Waals surface area contributed by atoms with E-state index in [1.165, 1.54) is 302 Å². The zero-order valence-corrected chi connectivity index (χ0v) is 45.2. The monoisotopic (exact) mass is 928 g/mol. The van der Waals surface area contributed by atoms with Gasteiger partial charge in [-0.3, -0.25) is 4.79 Å². The molecule has 0 fully saturated rings. The molecule has 0 saturated carbocycles. The number of aliphatic hydroxyl groups excluding tert-OH is 2. The molecule has 0 aliphatic heterocycles. The molecule has 0 bridgehead atoms. The van der Waals surface area contributed by atoms with E-state index in [0.717, 1.165) is 25.7 Å². The fourth-order valence-corrected chi connectivity index (χ4v) is 9.77. The van der Waals surface area contributed by atoms with Gasteiger partial charge in [-0.1, -0.05) is 321 Å². The molecule has 0 aromatic carbocycles. The van der Waals surface area contributed by atoms with E-state index in [1.54, 1.807) is 6.08 Å². The molecule has 4 heteroatoms. The van der Waals surface area contributed by atoms with Gasteiger partial charge >= 0.3 is 0 Å². The molecule has 2 atom stereocenters. The molecule has 1 amide bonds. The van der Waals surface area contributed by atoms with E-state index in [4.69, 9.17) is 0 Å². The summed E-state index contributed by atoms with van der Waals surface area (Å²) >= 11 is 0. The van der Waals surface area contributed by atoms with Gasteiger partial charge in [-0.25, -0.2) is 0 Å². The molecule has 0 rings (SSSR count). The largest absolute Gasteiger partial charge is 0.394 e. The van der Waals surface area contributed by atoms with Crippen LogP contribution in [0.1, 0.15) is 348 Å². The Kier molecular flexibility index (Phi) is 57.2. The number of carbonyl (C=O) groups excluding carboxylic acids is 1. The van der Waals surface area contributed by atoms with Gasteiger partial charge in [0.15, 0.2) is 0 Å². The van der Waals surface area contributed by atoms with Crippen LogP contribution in [-0.2, 0) is 4.79 Å². The van der Waals surface area contributed by atoms with Gasteiger partial charge in [0.1, 0.15) is 0 Å². The molecule has 0 aliphatic rings. The number of carbonyl (C=O) groups is 1. The van der Waals surface area contributed by atoms with Crippen LogP contribution >= 0.6 is 0 Å². The average Bonchev–Trinajstić information content (AvgIpc) is 3.32. The number of rotatable bonds is 57. The number of nitrogens with one attached hydrogen (secondary N) is 1. The minimum atomic E-state index is -0.838. The third kappa shape index (κ3) is 53.8. The van der Waals surface area contributed by atoms with Crippen LogP contribution < -0.4 is 5.32 Å². The van der Waals surface area contributed by atoms with Gasteiger partial charge in [-0.05, 0) is 44.9 Å². The predicted molar refractivity (Wildman–Crippen MR) is 295 cm³/mol. The summed E-state index contributed by atoms with van der Waals surface area (Å²) in [7, 11) is 0. The van der Waals surface area contributed by atoms with E-state index >= 15 is 0 Å². The van der Waals surface area contributed by atoms with Crippen LogP contribution in [0.2, 0.25) is 0 Å². The average molecular weight is 929 g/mol. The summed E-state index contributed by atoms with van der Waals surface area (Å²) < 4.78 is 0. The lowest BCUT2D eigenvalue weighted by molar-refractivity contribution is -0.123.